The fraction of sp³-hybridized carbons (Fsp3) is 0.409. The normalized spacial score (nSPS) is 16.8. The number of fused-ring (bicyclic) bond motifs is 1. The van der Waals surface area contributed by atoms with E-state index in [2.05, 4.69) is 15.3 Å². The molecule has 0 spiro atoms. The van der Waals surface area contributed by atoms with E-state index in [1.807, 2.05) is 24.3 Å². The SMILES string of the molecule is CCOC(=O)c1cc(S(=O)(=O)N2CCC[C@@H]2C(=O)NCCc2nc3ccccc3[nH]2)cn1C. The number of amides is 1. The van der Waals surface area contributed by atoms with E-state index in [-0.39, 0.29) is 29.6 Å². The van der Waals surface area contributed by atoms with Crippen LogP contribution in [0.25, 0.3) is 11.0 Å². The number of nitrogens with one attached hydrogen (secondary N) is 2. The average Bonchev–Trinajstić information content (AvgIpc) is 3.51. The molecule has 0 saturated carbocycles. The number of nitrogens with zero attached hydrogens (tertiary/aromatic N) is 3. The Morgan fingerprint density at radius 1 is 1.30 bits per heavy atom. The third-order valence-corrected chi connectivity index (χ3v) is 7.55. The maximum atomic E-state index is 13.3. The van der Waals surface area contributed by atoms with Gasteiger partial charge in [-0.3, -0.25) is 4.79 Å². The number of hydrogen-bond acceptors (Lipinski definition) is 6. The van der Waals surface area contributed by atoms with Crippen LogP contribution < -0.4 is 5.32 Å². The summed E-state index contributed by atoms with van der Waals surface area (Å²) >= 11 is 0. The van der Waals surface area contributed by atoms with Gasteiger partial charge in [0, 0.05) is 32.8 Å². The molecule has 1 aromatic carbocycles. The van der Waals surface area contributed by atoms with E-state index in [0.29, 0.717) is 25.8 Å². The largest absolute Gasteiger partial charge is 0.461 e. The van der Waals surface area contributed by atoms with Gasteiger partial charge in [-0.15, -0.1) is 0 Å². The lowest BCUT2D eigenvalue weighted by molar-refractivity contribution is -0.124. The number of rotatable bonds is 8. The number of carbonyl (C=O) groups excluding carboxylic acids is 2. The van der Waals surface area contributed by atoms with Crippen LogP contribution in [0.3, 0.4) is 0 Å². The molecule has 3 heterocycles. The molecule has 2 N–H and O–H groups in total. The first kappa shape index (κ1) is 23.0. The van der Waals surface area contributed by atoms with Gasteiger partial charge in [0.1, 0.15) is 22.5 Å². The lowest BCUT2D eigenvalue weighted by Crippen LogP contribution is -2.46. The van der Waals surface area contributed by atoms with Gasteiger partial charge in [-0.1, -0.05) is 12.1 Å². The monoisotopic (exact) mass is 473 g/mol. The molecule has 176 valence electrons. The average molecular weight is 474 g/mol. The Balaban J connectivity index is 1.42. The third-order valence-electron chi connectivity index (χ3n) is 5.68. The maximum absolute atomic E-state index is 13.3. The Morgan fingerprint density at radius 3 is 2.85 bits per heavy atom. The number of benzene rings is 1. The molecule has 1 aliphatic rings. The molecule has 1 aliphatic heterocycles. The Kier molecular flexibility index (Phi) is 6.52. The lowest BCUT2D eigenvalue weighted by Gasteiger charge is -2.22. The highest BCUT2D eigenvalue weighted by Crippen LogP contribution is 2.27. The number of imidazole rings is 1. The maximum Gasteiger partial charge on any atom is 0.354 e. The topological polar surface area (TPSA) is 126 Å². The van der Waals surface area contributed by atoms with Crippen molar-refractivity contribution < 1.29 is 22.7 Å². The van der Waals surface area contributed by atoms with Crippen molar-refractivity contribution in [2.75, 3.05) is 19.7 Å². The minimum atomic E-state index is -3.95. The first-order valence-electron chi connectivity index (χ1n) is 10.9. The highest BCUT2D eigenvalue weighted by atomic mass is 32.2. The summed E-state index contributed by atoms with van der Waals surface area (Å²) in [5.74, 6) is -0.181. The van der Waals surface area contributed by atoms with Crippen molar-refractivity contribution in [2.45, 2.75) is 37.1 Å². The Bertz CT molecular complexity index is 1250. The summed E-state index contributed by atoms with van der Waals surface area (Å²) in [4.78, 5) is 32.6. The first-order valence-corrected chi connectivity index (χ1v) is 12.3. The van der Waals surface area contributed by atoms with E-state index in [9.17, 15) is 18.0 Å². The van der Waals surface area contributed by atoms with Crippen LogP contribution in [0.5, 0.6) is 0 Å². The van der Waals surface area contributed by atoms with Crippen molar-refractivity contribution >= 4 is 32.9 Å². The number of hydrogen-bond donors (Lipinski definition) is 2. The number of para-hydroxylation sites is 2. The molecule has 0 radical (unpaired) electrons. The van der Waals surface area contributed by atoms with E-state index < -0.39 is 22.0 Å². The standard InChI is InChI=1S/C22H27N5O5S/c1-3-32-22(29)19-13-15(14-26(19)2)33(30,31)27-12-6-9-18(27)21(28)23-11-10-20-24-16-7-4-5-8-17(16)25-20/h4-5,7-8,13-14,18H,3,6,9-12H2,1-2H3,(H,23,28)(H,24,25)/t18-/m1/s1. The zero-order chi connectivity index (χ0) is 23.6. The molecule has 0 bridgehead atoms. The van der Waals surface area contributed by atoms with E-state index in [1.165, 1.54) is 21.1 Å². The van der Waals surface area contributed by atoms with E-state index in [4.69, 9.17) is 4.74 Å². The second kappa shape index (κ2) is 9.36. The van der Waals surface area contributed by atoms with Crippen molar-refractivity contribution in [3.63, 3.8) is 0 Å². The Morgan fingerprint density at radius 2 is 2.09 bits per heavy atom. The summed E-state index contributed by atoms with van der Waals surface area (Å²) in [5, 5.41) is 2.84. The van der Waals surface area contributed by atoms with Crippen LogP contribution >= 0.6 is 0 Å². The minimum absolute atomic E-state index is 0.0324. The van der Waals surface area contributed by atoms with Gasteiger partial charge in [0.2, 0.25) is 15.9 Å². The van der Waals surface area contributed by atoms with Crippen LogP contribution in [0, 0.1) is 0 Å². The Labute approximate surface area is 192 Å². The molecular formula is C22H27N5O5S. The van der Waals surface area contributed by atoms with Gasteiger partial charge < -0.3 is 19.6 Å². The van der Waals surface area contributed by atoms with Gasteiger partial charge in [-0.2, -0.15) is 4.31 Å². The van der Waals surface area contributed by atoms with Gasteiger partial charge in [-0.25, -0.2) is 18.2 Å². The van der Waals surface area contributed by atoms with E-state index in [0.717, 1.165) is 16.9 Å². The summed E-state index contributed by atoms with van der Waals surface area (Å²) in [6, 6.07) is 8.17. The summed E-state index contributed by atoms with van der Waals surface area (Å²) < 4.78 is 34.1. The molecule has 11 heteroatoms. The summed E-state index contributed by atoms with van der Waals surface area (Å²) in [6.07, 6.45) is 2.89. The van der Waals surface area contributed by atoms with Gasteiger partial charge in [0.15, 0.2) is 0 Å². The summed E-state index contributed by atoms with van der Waals surface area (Å²) in [5.41, 5.74) is 1.93. The zero-order valence-corrected chi connectivity index (χ0v) is 19.4. The number of carbonyl (C=O) groups is 2. The van der Waals surface area contributed by atoms with Crippen LogP contribution in [-0.2, 0) is 33.0 Å². The van der Waals surface area contributed by atoms with Crippen LogP contribution in [-0.4, -0.2) is 64.9 Å². The molecule has 4 rings (SSSR count). The van der Waals surface area contributed by atoms with Crippen molar-refractivity contribution in [1.29, 1.82) is 0 Å². The molecule has 0 unspecified atom stereocenters. The molecule has 10 nitrogen and oxygen atoms in total. The number of H-pyrrole nitrogens is 1. The highest BCUT2D eigenvalue weighted by Gasteiger charge is 2.40. The summed E-state index contributed by atoms with van der Waals surface area (Å²) in [7, 11) is -2.37. The molecule has 1 fully saturated rings. The molecular weight excluding hydrogens is 446 g/mol. The molecule has 0 aliphatic carbocycles. The van der Waals surface area contributed by atoms with Crippen LogP contribution in [0.1, 0.15) is 36.1 Å². The van der Waals surface area contributed by atoms with Gasteiger partial charge >= 0.3 is 5.97 Å². The van der Waals surface area contributed by atoms with E-state index in [1.54, 1.807) is 14.0 Å². The molecule has 1 amide bonds. The lowest BCUT2D eigenvalue weighted by atomic mass is 10.2. The molecule has 2 aromatic heterocycles. The van der Waals surface area contributed by atoms with Gasteiger partial charge in [0.05, 0.1) is 17.6 Å². The third kappa shape index (κ3) is 4.64. The quantitative estimate of drug-likeness (QED) is 0.479. The van der Waals surface area contributed by atoms with Crippen LogP contribution in [0.2, 0.25) is 0 Å². The second-order valence-electron chi connectivity index (χ2n) is 7.91. The number of esters is 1. The van der Waals surface area contributed by atoms with Gasteiger partial charge in [-0.05, 0) is 38.0 Å². The van der Waals surface area contributed by atoms with Crippen molar-refractivity contribution in [1.82, 2.24) is 24.2 Å². The second-order valence-corrected chi connectivity index (χ2v) is 9.80. The number of sulfonamides is 1. The first-order chi connectivity index (χ1) is 15.8. The molecule has 1 atom stereocenters. The predicted molar refractivity (Wildman–Crippen MR) is 121 cm³/mol. The minimum Gasteiger partial charge on any atom is -0.461 e. The predicted octanol–water partition coefficient (Wildman–Crippen LogP) is 1.59. The van der Waals surface area contributed by atoms with Crippen molar-refractivity contribution in [3.8, 4) is 0 Å². The van der Waals surface area contributed by atoms with E-state index >= 15 is 0 Å². The number of ether oxygens (including phenoxy) is 1. The fourth-order valence-electron chi connectivity index (χ4n) is 4.05. The Hall–Kier alpha value is -3.18. The van der Waals surface area contributed by atoms with Crippen LogP contribution in [0.15, 0.2) is 41.4 Å². The highest BCUT2D eigenvalue weighted by molar-refractivity contribution is 7.89. The fourth-order valence-corrected chi connectivity index (χ4v) is 5.78. The van der Waals surface area contributed by atoms with Crippen LogP contribution in [0.4, 0.5) is 0 Å². The smallest absolute Gasteiger partial charge is 0.354 e. The number of aromatic amines is 1. The molecule has 33 heavy (non-hydrogen) atoms. The summed E-state index contributed by atoms with van der Waals surface area (Å²) in [6.45, 7) is 2.45. The van der Waals surface area contributed by atoms with Gasteiger partial charge in [0.25, 0.3) is 0 Å². The molecule has 3 aromatic rings. The number of aryl methyl sites for hydroxylation is 1. The molecule has 1 saturated heterocycles. The van der Waals surface area contributed by atoms with Crippen molar-refractivity contribution in [2.24, 2.45) is 7.05 Å². The number of aromatic nitrogens is 3. The zero-order valence-electron chi connectivity index (χ0n) is 18.6. The van der Waals surface area contributed by atoms with Crippen molar-refractivity contribution in [3.05, 3.63) is 48.0 Å².